The maximum absolute atomic E-state index is 16.7. The van der Waals surface area contributed by atoms with E-state index in [1.807, 2.05) is 4.90 Å². The second-order valence-corrected chi connectivity index (χ2v) is 33.4. The third kappa shape index (κ3) is 22.9. The Morgan fingerprint density at radius 2 is 1.24 bits per heavy atom. The van der Waals surface area contributed by atoms with Gasteiger partial charge in [-0.3, -0.25) is 38.4 Å². The Hall–Kier alpha value is -11.9. The Morgan fingerprint density at radius 1 is 0.566 bits per heavy atom. The van der Waals surface area contributed by atoms with Crippen LogP contribution in [0.25, 0.3) is 11.1 Å². The minimum atomic E-state index is -2.40. The molecule has 15 bridgehead atoms. The first-order valence-electron chi connectivity index (χ1n) is 41.8. The van der Waals surface area contributed by atoms with Crippen molar-refractivity contribution in [3.8, 4) is 80.1 Å². The Bertz CT molecular complexity index is 5300. The highest BCUT2D eigenvalue weighted by Crippen LogP contribution is 2.50. The summed E-state index contributed by atoms with van der Waals surface area (Å²) in [5.41, 5.74) is -2.45. The molecule has 0 saturated carbocycles. The fourth-order valence-corrected chi connectivity index (χ4v) is 16.1. The van der Waals surface area contributed by atoms with Crippen LogP contribution in [-0.2, 0) is 59.0 Å². The van der Waals surface area contributed by atoms with Crippen LogP contribution in [0.4, 0.5) is 0 Å². The van der Waals surface area contributed by atoms with Gasteiger partial charge in [-0.1, -0.05) is 106 Å². The molecule has 38 nitrogen and oxygen atoms in total. The molecule has 0 aromatic heterocycles. The molecule has 17 atom stereocenters. The lowest BCUT2D eigenvalue weighted by molar-refractivity contribution is -0.277. The van der Waals surface area contributed by atoms with Crippen LogP contribution in [-0.4, -0.2) is 235 Å². The molecular weight excluding hydrogens is 1730 g/mol. The van der Waals surface area contributed by atoms with E-state index < -0.39 is 266 Å². The number of ether oxygens (including phenoxy) is 7. The monoisotopic (exact) mass is 1830 g/mol. The molecule has 40 heteroatoms. The van der Waals surface area contributed by atoms with E-state index in [-0.39, 0.29) is 52.5 Å². The molecule has 7 aromatic rings. The smallest absolute Gasteiger partial charge is 0.335 e. The molecule has 2 fully saturated rings. The van der Waals surface area contributed by atoms with Crippen LogP contribution in [0.15, 0.2) is 115 Å². The quantitative estimate of drug-likeness (QED) is 0.0382. The van der Waals surface area contributed by atoms with Crippen molar-refractivity contribution < 1.29 is 138 Å². The van der Waals surface area contributed by atoms with E-state index in [9.17, 15) is 80.5 Å². The van der Waals surface area contributed by atoms with Crippen LogP contribution in [0.5, 0.6) is 69.0 Å². The SMILES string of the molecule is CNC(=O)[C@@H]1NC(=O)[C@@H]2NC(=O)[C@H]3NC(=O)[C@@H](Cc4ccc(cc4)Oc4cc2cc(c4O[C@@H]2O[C@H](C(=O)O)[C@@H](O)[C@H](O)[C@H]2NC(=O)CCCCCCCCC(C)C)Oc2ccc(cc2Cl)[C@@H](O)CC(=O)N[C@H](C(=O)NCCCN(C)C)c2cc(O)cc(O[C@H]4O[C@H](CO)[C@@H](O)[C@H](O)[C@@H]4O)c2-c2cc1ccc2O)NC(=O)[C@H](NC)c1ccc(c(O)c1)Oc1cc(O)c(Cl)c3c1. The molecule has 0 spiro atoms. The third-order valence-electron chi connectivity index (χ3n) is 22.5. The van der Waals surface area contributed by atoms with Gasteiger partial charge in [0, 0.05) is 55.3 Å². The van der Waals surface area contributed by atoms with Gasteiger partial charge in [-0.25, -0.2) is 4.79 Å². The standard InChI is InChI=1S/C89H104Cl2N10O28/c1-40(2)14-11-9-7-8-10-12-15-64(108)96-73-75(111)77(113)80(87(121)122)129-88(73)128-79-61-32-45-33-62(79)125-58-24-19-42(30-52(58)90)55(105)38-65(109)97-71(83(117)94-26-13-27-101(5)6)50-34-46(103)35-60(126-89-78(114)76(112)74(110)63(39-102)127-89)66(50)49-29-43(18-23-54(49)104)69(82(116)93-4)98-85(119)70(45)99-86(120)72-51-36-48(37-57(107)67(51)91)124-59-25-20-44(31-56(59)106)68(92-3)84(118)95-53(81(115)100-72)28-41-16-21-47(123-61)22-17-41/h16-25,29-37,40,53,55,63,68-78,80,88-89,92,102-107,110-114H,7-15,26-28,38-39H2,1-6H3,(H,93,116)(H,94,117)(H,95,118)(H,96,108)(H,97,109)(H,98,119)(H,99,120)(H,100,115)(H,121,122)/t53-,55+,63-,68-,69-,70-,71+,72+,73-,74-,75-,76+,77+,78+,80+,88-,89+/m1/s1. The fourth-order valence-electron chi connectivity index (χ4n) is 15.7. The number of hydrogen-bond acceptors (Lipinski definition) is 29. The number of nitrogens with one attached hydrogen (secondary N) is 9. The maximum Gasteiger partial charge on any atom is 0.335 e. The topological polar surface area (TPSA) is 573 Å². The molecular formula is C89H104Cl2N10O28. The Balaban J connectivity index is 1.10. The van der Waals surface area contributed by atoms with Gasteiger partial charge in [0.15, 0.2) is 29.1 Å². The summed E-state index contributed by atoms with van der Waals surface area (Å²) in [4.78, 5) is 138. The number of aliphatic hydroxyl groups is 7. The van der Waals surface area contributed by atoms with Crippen LogP contribution in [0.2, 0.25) is 10.0 Å². The number of aliphatic carboxylic acids is 1. The van der Waals surface area contributed by atoms with Gasteiger partial charge < -0.3 is 147 Å². The summed E-state index contributed by atoms with van der Waals surface area (Å²) >= 11 is 14.3. The molecule has 692 valence electrons. The highest BCUT2D eigenvalue weighted by molar-refractivity contribution is 6.33. The van der Waals surface area contributed by atoms with E-state index in [4.69, 9.17) is 56.4 Å². The van der Waals surface area contributed by atoms with E-state index in [0.717, 1.165) is 99.8 Å². The number of halogens is 2. The second kappa shape index (κ2) is 42.6. The van der Waals surface area contributed by atoms with Gasteiger partial charge in [0.2, 0.25) is 65.6 Å². The van der Waals surface area contributed by atoms with Crippen molar-refractivity contribution in [3.63, 3.8) is 0 Å². The average molecular weight is 1830 g/mol. The van der Waals surface area contributed by atoms with Gasteiger partial charge in [0.25, 0.3) is 0 Å². The summed E-state index contributed by atoms with van der Waals surface area (Å²) in [5.74, 6) is -16.7. The molecule has 0 aliphatic carbocycles. The lowest BCUT2D eigenvalue weighted by atomic mass is 9.89. The minimum absolute atomic E-state index is 0.0746. The zero-order chi connectivity index (χ0) is 93.1. The van der Waals surface area contributed by atoms with Crippen molar-refractivity contribution in [2.75, 3.05) is 47.9 Å². The number of carboxylic acids is 1. The van der Waals surface area contributed by atoms with Crippen molar-refractivity contribution in [1.29, 1.82) is 0 Å². The Labute approximate surface area is 749 Å². The highest BCUT2D eigenvalue weighted by atomic mass is 35.5. The highest BCUT2D eigenvalue weighted by Gasteiger charge is 2.51. The number of carbonyl (C=O) groups is 9. The number of aliphatic hydroxyl groups excluding tert-OH is 7. The van der Waals surface area contributed by atoms with E-state index in [0.29, 0.717) is 31.7 Å². The van der Waals surface area contributed by atoms with Crippen molar-refractivity contribution in [1.82, 2.24) is 52.8 Å². The summed E-state index contributed by atoms with van der Waals surface area (Å²) < 4.78 is 44.5. The zero-order valence-electron chi connectivity index (χ0n) is 70.9. The van der Waals surface area contributed by atoms with Gasteiger partial charge in [0.05, 0.1) is 29.2 Å². The van der Waals surface area contributed by atoms with E-state index in [2.05, 4.69) is 61.7 Å². The van der Waals surface area contributed by atoms with Crippen molar-refractivity contribution in [2.45, 2.75) is 188 Å². The van der Waals surface area contributed by atoms with Gasteiger partial charge >= 0.3 is 5.97 Å². The number of phenols is 4. The van der Waals surface area contributed by atoms with Gasteiger partial charge in [-0.15, -0.1) is 0 Å². The zero-order valence-corrected chi connectivity index (χ0v) is 72.4. The first kappa shape index (κ1) is 96.2. The predicted molar refractivity (Wildman–Crippen MR) is 459 cm³/mol. The lowest BCUT2D eigenvalue weighted by Gasteiger charge is -2.41. The number of likely N-dealkylation sites (N-methyl/N-ethyl adjacent to an activating group) is 2. The van der Waals surface area contributed by atoms with Crippen molar-refractivity contribution >= 4 is 76.4 Å². The van der Waals surface area contributed by atoms with E-state index in [1.54, 1.807) is 14.1 Å². The van der Waals surface area contributed by atoms with Gasteiger partial charge in [-0.05, 0) is 153 Å². The van der Waals surface area contributed by atoms with Crippen LogP contribution in [0, 0.1) is 5.92 Å². The summed E-state index contributed by atoms with van der Waals surface area (Å²) in [6, 6.07) is 8.63. The minimum Gasteiger partial charge on any atom is -0.508 e. The first-order valence-corrected chi connectivity index (χ1v) is 42.6. The molecule has 0 unspecified atom stereocenters. The van der Waals surface area contributed by atoms with Crippen LogP contribution in [0.1, 0.15) is 153 Å². The number of nitrogens with zero attached hydrogens (tertiary/aromatic N) is 1. The van der Waals surface area contributed by atoms with Gasteiger partial charge in [-0.2, -0.15) is 0 Å². The van der Waals surface area contributed by atoms with E-state index in [1.165, 1.54) is 61.6 Å². The number of benzene rings is 7. The second-order valence-electron chi connectivity index (χ2n) is 32.7. The Kier molecular flexibility index (Phi) is 31.7. The number of carboxylic acid groups (broad SMARTS) is 1. The molecule has 8 heterocycles. The molecule has 8 aliphatic rings. The van der Waals surface area contributed by atoms with Crippen molar-refractivity contribution in [3.05, 3.63) is 164 Å². The van der Waals surface area contributed by atoms with E-state index >= 15 is 24.0 Å². The number of rotatable bonds is 23. The fraction of sp³-hybridized carbons (Fsp3) is 0.427. The molecule has 15 rings (SSSR count). The molecule has 7 aromatic carbocycles. The molecule has 0 radical (unpaired) electrons. The Morgan fingerprint density at radius 3 is 1.92 bits per heavy atom. The number of amides is 8. The van der Waals surface area contributed by atoms with Gasteiger partial charge in [0.1, 0.15) is 119 Å². The molecule has 129 heavy (non-hydrogen) atoms. The van der Waals surface area contributed by atoms with Crippen molar-refractivity contribution in [2.24, 2.45) is 5.92 Å². The first-order chi connectivity index (χ1) is 61.5. The maximum atomic E-state index is 16.7. The number of carbonyl (C=O) groups excluding carboxylic acids is 8. The normalized spacial score (nSPS) is 24.8. The summed E-state index contributed by atoms with van der Waals surface area (Å²) in [6.45, 7) is 3.64. The average Bonchev–Trinajstić information content (AvgIpc) is 1.18. The summed E-state index contributed by atoms with van der Waals surface area (Å²) in [5, 5.41) is 161. The molecule has 8 aliphatic heterocycles. The number of aromatic hydroxyl groups is 4. The van der Waals surface area contributed by atoms with Crippen LogP contribution >= 0.6 is 23.2 Å². The lowest BCUT2D eigenvalue weighted by Crippen LogP contribution is -2.66. The summed E-state index contributed by atoms with van der Waals surface area (Å²) in [7, 11) is 6.11. The molecule has 21 N–H and O–H groups in total. The molecule has 2 saturated heterocycles. The third-order valence-corrected chi connectivity index (χ3v) is 23.2. The van der Waals surface area contributed by atoms with Crippen LogP contribution < -0.4 is 71.5 Å². The number of unbranched alkanes of at least 4 members (excludes halogenated alkanes) is 5. The van der Waals surface area contributed by atoms with Crippen LogP contribution in [0.3, 0.4) is 0 Å². The number of hydrogen-bond donors (Lipinski definition) is 21. The number of fused-ring (bicyclic) bond motifs is 15. The predicted octanol–water partition coefficient (Wildman–Crippen LogP) is 4.81. The number of phenolic OH excluding ortho intramolecular Hbond substituents is 4. The molecule has 8 amide bonds. The summed E-state index contributed by atoms with van der Waals surface area (Å²) in [6.07, 6.45) is -16.3. The largest absolute Gasteiger partial charge is 0.508 e.